The topological polar surface area (TPSA) is 67.6 Å². The summed E-state index contributed by atoms with van der Waals surface area (Å²) in [6, 6.07) is 6.89. The number of oxazole rings is 1. The Morgan fingerprint density at radius 2 is 2.00 bits per heavy atom. The molecule has 1 aromatic carbocycles. The van der Waals surface area contributed by atoms with Gasteiger partial charge in [0.2, 0.25) is 5.89 Å². The largest absolute Gasteiger partial charge is 0.447 e. The summed E-state index contributed by atoms with van der Waals surface area (Å²) >= 11 is 0. The number of amides is 1. The fourth-order valence-electron chi connectivity index (χ4n) is 3.03. The Kier molecular flexibility index (Phi) is 8.20. The molecule has 1 aromatic heterocycles. The van der Waals surface area contributed by atoms with Crippen molar-refractivity contribution in [2.45, 2.75) is 53.8 Å². The Morgan fingerprint density at radius 3 is 2.64 bits per heavy atom. The summed E-state index contributed by atoms with van der Waals surface area (Å²) in [6.07, 6.45) is 1.42. The zero-order valence-corrected chi connectivity index (χ0v) is 17.9. The second-order valence-corrected chi connectivity index (χ2v) is 7.69. The van der Waals surface area contributed by atoms with E-state index in [-0.39, 0.29) is 5.91 Å². The molecular formula is C22H33N3O3. The van der Waals surface area contributed by atoms with Crippen LogP contribution >= 0.6 is 0 Å². The normalized spacial score (nSPS) is 12.6. The number of carbonyl (C=O) groups excluding carboxylic acids is 1. The van der Waals surface area contributed by atoms with Crippen LogP contribution in [0.5, 0.6) is 0 Å². The summed E-state index contributed by atoms with van der Waals surface area (Å²) in [5, 5.41) is 2.76. The lowest BCUT2D eigenvalue weighted by Gasteiger charge is -2.31. The summed E-state index contributed by atoms with van der Waals surface area (Å²) in [7, 11) is 1.60. The number of aryl methyl sites for hydroxylation is 2. The lowest BCUT2D eigenvalue weighted by Crippen LogP contribution is -2.36. The van der Waals surface area contributed by atoms with Gasteiger partial charge in [0.15, 0.2) is 5.69 Å². The highest BCUT2D eigenvalue weighted by atomic mass is 16.5. The third-order valence-electron chi connectivity index (χ3n) is 5.13. The number of aromatic nitrogens is 1. The Balaban J connectivity index is 2.11. The van der Waals surface area contributed by atoms with Crippen molar-refractivity contribution in [1.29, 1.82) is 0 Å². The average Bonchev–Trinajstić information content (AvgIpc) is 3.11. The molecule has 1 unspecified atom stereocenters. The number of rotatable bonds is 10. The number of hydrogen-bond donors (Lipinski definition) is 1. The molecule has 0 aliphatic rings. The van der Waals surface area contributed by atoms with Crippen LogP contribution in [-0.4, -0.2) is 42.1 Å². The van der Waals surface area contributed by atoms with E-state index in [0.717, 1.165) is 6.54 Å². The van der Waals surface area contributed by atoms with Crippen LogP contribution in [0.15, 0.2) is 28.9 Å². The maximum atomic E-state index is 12.1. The maximum Gasteiger partial charge on any atom is 0.273 e. The first kappa shape index (κ1) is 22.1. The van der Waals surface area contributed by atoms with Crippen molar-refractivity contribution in [3.05, 3.63) is 52.7 Å². The number of methoxy groups -OCH3 is 1. The van der Waals surface area contributed by atoms with E-state index in [0.29, 0.717) is 43.2 Å². The first-order valence-electron chi connectivity index (χ1n) is 9.83. The van der Waals surface area contributed by atoms with Gasteiger partial charge in [0.25, 0.3) is 5.91 Å². The van der Waals surface area contributed by atoms with E-state index in [1.54, 1.807) is 7.11 Å². The fraction of sp³-hybridized carbons (Fsp3) is 0.545. The van der Waals surface area contributed by atoms with E-state index in [9.17, 15) is 4.79 Å². The van der Waals surface area contributed by atoms with Gasteiger partial charge < -0.3 is 14.5 Å². The van der Waals surface area contributed by atoms with Crippen molar-refractivity contribution in [2.24, 2.45) is 5.92 Å². The minimum Gasteiger partial charge on any atom is -0.447 e. The van der Waals surface area contributed by atoms with Crippen molar-refractivity contribution in [3.8, 4) is 0 Å². The molecule has 0 spiro atoms. The monoisotopic (exact) mass is 387 g/mol. The van der Waals surface area contributed by atoms with Crippen LogP contribution in [-0.2, 0) is 17.8 Å². The first-order valence-corrected chi connectivity index (χ1v) is 9.83. The molecule has 28 heavy (non-hydrogen) atoms. The van der Waals surface area contributed by atoms with E-state index >= 15 is 0 Å². The molecule has 0 bridgehead atoms. The number of benzene rings is 1. The number of hydrogen-bond acceptors (Lipinski definition) is 5. The summed E-state index contributed by atoms with van der Waals surface area (Å²) in [5.41, 5.74) is 4.14. The first-order chi connectivity index (χ1) is 13.3. The van der Waals surface area contributed by atoms with Crippen LogP contribution in [0, 0.1) is 19.8 Å². The van der Waals surface area contributed by atoms with Crippen molar-refractivity contribution < 1.29 is 13.9 Å². The highest BCUT2D eigenvalue weighted by Gasteiger charge is 2.21. The quantitative estimate of drug-likeness (QED) is 0.630. The maximum absolute atomic E-state index is 12.1. The Labute approximate surface area is 168 Å². The summed E-state index contributed by atoms with van der Waals surface area (Å²) in [6.45, 7) is 13.2. The Hall–Kier alpha value is -2.18. The number of nitrogens with zero attached hydrogens (tertiary/aromatic N) is 2. The standard InChI is InChI=1S/C22H33N3O3/c1-15(2)18(5)25(12-19-8-7-16(3)11-17(19)4)13-21-24-20(14-28-21)22(26)23-9-10-27-6/h7-8,11,14-15,18H,9-10,12-13H2,1-6H3,(H,23,26). The van der Waals surface area contributed by atoms with Gasteiger partial charge in [-0.3, -0.25) is 9.69 Å². The molecule has 154 valence electrons. The molecule has 0 aliphatic heterocycles. The second-order valence-electron chi connectivity index (χ2n) is 7.69. The Morgan fingerprint density at radius 1 is 1.25 bits per heavy atom. The molecule has 0 aliphatic carbocycles. The molecule has 6 nitrogen and oxygen atoms in total. The second kappa shape index (κ2) is 10.4. The van der Waals surface area contributed by atoms with E-state index < -0.39 is 0 Å². The van der Waals surface area contributed by atoms with Crippen LogP contribution in [0.3, 0.4) is 0 Å². The van der Waals surface area contributed by atoms with Gasteiger partial charge in [-0.1, -0.05) is 37.6 Å². The highest BCUT2D eigenvalue weighted by molar-refractivity contribution is 5.91. The summed E-state index contributed by atoms with van der Waals surface area (Å²) in [5.74, 6) is 0.788. The fourth-order valence-corrected chi connectivity index (χ4v) is 3.03. The molecule has 1 N–H and O–H groups in total. The van der Waals surface area contributed by atoms with Gasteiger partial charge in [-0.15, -0.1) is 0 Å². The SMILES string of the molecule is COCCNC(=O)c1coc(CN(Cc2ccc(C)cc2C)C(C)C(C)C)n1. The predicted octanol–water partition coefficient (Wildman–Crippen LogP) is 3.71. The van der Waals surface area contributed by atoms with Gasteiger partial charge in [-0.2, -0.15) is 0 Å². The third-order valence-corrected chi connectivity index (χ3v) is 5.13. The molecule has 2 aromatic rings. The van der Waals surface area contributed by atoms with Crippen LogP contribution in [0.4, 0.5) is 0 Å². The van der Waals surface area contributed by atoms with E-state index in [1.807, 2.05) is 0 Å². The lowest BCUT2D eigenvalue weighted by atomic mass is 10.0. The van der Waals surface area contributed by atoms with Crippen LogP contribution in [0.25, 0.3) is 0 Å². The lowest BCUT2D eigenvalue weighted by molar-refractivity contribution is 0.0932. The predicted molar refractivity (Wildman–Crippen MR) is 110 cm³/mol. The van der Waals surface area contributed by atoms with Gasteiger partial charge in [0.05, 0.1) is 13.2 Å². The zero-order chi connectivity index (χ0) is 20.7. The van der Waals surface area contributed by atoms with E-state index in [4.69, 9.17) is 9.15 Å². The van der Waals surface area contributed by atoms with Crippen LogP contribution < -0.4 is 5.32 Å². The zero-order valence-electron chi connectivity index (χ0n) is 17.9. The number of nitrogens with one attached hydrogen (secondary N) is 1. The molecule has 2 rings (SSSR count). The average molecular weight is 388 g/mol. The van der Waals surface area contributed by atoms with Crippen molar-refractivity contribution >= 4 is 5.91 Å². The van der Waals surface area contributed by atoms with Crippen LogP contribution in [0.1, 0.15) is 53.8 Å². The van der Waals surface area contributed by atoms with Crippen molar-refractivity contribution in [1.82, 2.24) is 15.2 Å². The molecule has 0 fully saturated rings. The minimum atomic E-state index is -0.245. The molecule has 0 saturated carbocycles. The van der Waals surface area contributed by atoms with E-state index in [1.165, 1.54) is 23.0 Å². The van der Waals surface area contributed by atoms with Gasteiger partial charge >= 0.3 is 0 Å². The van der Waals surface area contributed by atoms with Crippen molar-refractivity contribution in [3.63, 3.8) is 0 Å². The molecular weight excluding hydrogens is 354 g/mol. The van der Waals surface area contributed by atoms with Gasteiger partial charge in [-0.25, -0.2) is 4.98 Å². The molecule has 0 radical (unpaired) electrons. The third kappa shape index (κ3) is 6.17. The molecule has 1 amide bonds. The van der Waals surface area contributed by atoms with Gasteiger partial charge in [0, 0.05) is 26.2 Å². The summed E-state index contributed by atoms with van der Waals surface area (Å²) < 4.78 is 10.5. The van der Waals surface area contributed by atoms with Gasteiger partial charge in [0.1, 0.15) is 6.26 Å². The molecule has 0 saturated heterocycles. The molecule has 6 heteroatoms. The van der Waals surface area contributed by atoms with Gasteiger partial charge in [-0.05, 0) is 37.8 Å². The number of ether oxygens (including phenoxy) is 1. The van der Waals surface area contributed by atoms with Crippen molar-refractivity contribution in [2.75, 3.05) is 20.3 Å². The number of carbonyl (C=O) groups is 1. The molecule has 1 atom stereocenters. The summed E-state index contributed by atoms with van der Waals surface area (Å²) in [4.78, 5) is 18.9. The Bertz CT molecular complexity index is 770. The minimum absolute atomic E-state index is 0.245. The smallest absolute Gasteiger partial charge is 0.273 e. The van der Waals surface area contributed by atoms with Crippen LogP contribution in [0.2, 0.25) is 0 Å². The van der Waals surface area contributed by atoms with E-state index in [2.05, 4.69) is 68.0 Å². The molecule has 1 heterocycles. The highest BCUT2D eigenvalue weighted by Crippen LogP contribution is 2.20.